The minimum absolute atomic E-state index is 0.289. The molecule has 0 saturated carbocycles. The van der Waals surface area contributed by atoms with E-state index >= 15 is 0 Å². The molecule has 0 unspecified atom stereocenters. The normalized spacial score (nSPS) is 10.6. The predicted molar refractivity (Wildman–Crippen MR) is 76.6 cm³/mol. The van der Waals surface area contributed by atoms with E-state index in [-0.39, 0.29) is 5.91 Å². The third-order valence-electron chi connectivity index (χ3n) is 2.56. The number of hydrogen-bond acceptors (Lipinski definition) is 4. The average molecular weight is 293 g/mol. The molecule has 3 rings (SSSR count). The number of carbonyl (C=O) groups is 1. The maximum absolute atomic E-state index is 12.0. The Balaban J connectivity index is 1.83. The number of nitrogens with one attached hydrogen (secondary N) is 2. The molecule has 3 aromatic rings. The lowest BCUT2D eigenvalue weighted by molar-refractivity contribution is 0.0966. The molecule has 4 nitrogen and oxygen atoms in total. The standard InChI is InChI=1S/C13H9ClN2O2S/c14-11-8-4-1-2-5-9(8)19-12(11)13(17)16-15-10-6-3-7-18-10/h1-7,15H,(H,16,17). The van der Waals surface area contributed by atoms with E-state index in [1.807, 2.05) is 24.3 Å². The number of rotatable bonds is 3. The molecule has 0 aliphatic heterocycles. The molecule has 0 aliphatic rings. The van der Waals surface area contributed by atoms with Gasteiger partial charge in [-0.15, -0.1) is 11.3 Å². The SMILES string of the molecule is O=C(NNc1ccco1)c1sc2ccccc2c1Cl. The van der Waals surface area contributed by atoms with Crippen LogP contribution in [0.1, 0.15) is 9.67 Å². The molecule has 19 heavy (non-hydrogen) atoms. The molecule has 0 bridgehead atoms. The van der Waals surface area contributed by atoms with Gasteiger partial charge in [0.25, 0.3) is 5.91 Å². The molecule has 0 aliphatic carbocycles. The zero-order valence-corrected chi connectivity index (χ0v) is 11.2. The van der Waals surface area contributed by atoms with Crippen LogP contribution >= 0.6 is 22.9 Å². The Hall–Kier alpha value is -1.98. The van der Waals surface area contributed by atoms with E-state index < -0.39 is 0 Å². The summed E-state index contributed by atoms with van der Waals surface area (Å²) in [5.41, 5.74) is 5.22. The molecule has 2 aromatic heterocycles. The van der Waals surface area contributed by atoms with E-state index in [0.29, 0.717) is 15.8 Å². The number of furan rings is 1. The molecule has 2 heterocycles. The number of benzene rings is 1. The Morgan fingerprint density at radius 1 is 1.21 bits per heavy atom. The number of hydrazine groups is 1. The van der Waals surface area contributed by atoms with Gasteiger partial charge < -0.3 is 4.42 Å². The van der Waals surface area contributed by atoms with E-state index in [4.69, 9.17) is 16.0 Å². The fraction of sp³-hybridized carbons (Fsp3) is 0. The van der Waals surface area contributed by atoms with Crippen molar-refractivity contribution in [2.45, 2.75) is 0 Å². The minimum atomic E-state index is -0.289. The van der Waals surface area contributed by atoms with E-state index in [9.17, 15) is 4.79 Å². The van der Waals surface area contributed by atoms with E-state index in [2.05, 4.69) is 10.9 Å². The summed E-state index contributed by atoms with van der Waals surface area (Å²) in [5.74, 6) is 0.174. The van der Waals surface area contributed by atoms with Crippen molar-refractivity contribution in [2.24, 2.45) is 0 Å². The summed E-state index contributed by atoms with van der Waals surface area (Å²) in [6, 6.07) is 11.1. The quantitative estimate of drug-likeness (QED) is 0.720. The molecule has 0 fully saturated rings. The largest absolute Gasteiger partial charge is 0.447 e. The van der Waals surface area contributed by atoms with Crippen molar-refractivity contribution < 1.29 is 9.21 Å². The molecule has 0 atom stereocenters. The van der Waals surface area contributed by atoms with Crippen LogP contribution < -0.4 is 10.9 Å². The van der Waals surface area contributed by atoms with Crippen LogP contribution in [0.5, 0.6) is 0 Å². The van der Waals surface area contributed by atoms with Gasteiger partial charge in [0, 0.05) is 16.2 Å². The summed E-state index contributed by atoms with van der Waals surface area (Å²) in [5, 5.41) is 1.36. The monoisotopic (exact) mass is 292 g/mol. The topological polar surface area (TPSA) is 54.3 Å². The molecule has 6 heteroatoms. The zero-order valence-electron chi connectivity index (χ0n) is 9.64. The van der Waals surface area contributed by atoms with Crippen LogP contribution in [0.15, 0.2) is 47.1 Å². The van der Waals surface area contributed by atoms with E-state index in [0.717, 1.165) is 10.1 Å². The molecule has 0 spiro atoms. The first kappa shape index (κ1) is 12.1. The number of thiophene rings is 1. The molecule has 1 amide bonds. The molecular formula is C13H9ClN2O2S. The average Bonchev–Trinajstić information content (AvgIpc) is 3.05. The Kier molecular flexibility index (Phi) is 3.15. The lowest BCUT2D eigenvalue weighted by Gasteiger charge is -2.03. The summed E-state index contributed by atoms with van der Waals surface area (Å²) in [4.78, 5) is 12.5. The molecule has 96 valence electrons. The van der Waals surface area contributed by atoms with Gasteiger partial charge in [0.1, 0.15) is 4.88 Å². The fourth-order valence-corrected chi connectivity index (χ4v) is 3.10. The highest BCUT2D eigenvalue weighted by Gasteiger charge is 2.16. The Morgan fingerprint density at radius 2 is 2.05 bits per heavy atom. The van der Waals surface area contributed by atoms with Crippen molar-refractivity contribution in [1.29, 1.82) is 0 Å². The van der Waals surface area contributed by atoms with Crippen LogP contribution in [0.4, 0.5) is 5.88 Å². The smallest absolute Gasteiger partial charge is 0.281 e. The molecular weight excluding hydrogens is 284 g/mol. The van der Waals surface area contributed by atoms with Crippen LogP contribution in [0.25, 0.3) is 10.1 Å². The van der Waals surface area contributed by atoms with Gasteiger partial charge >= 0.3 is 0 Å². The van der Waals surface area contributed by atoms with Crippen molar-refractivity contribution >= 4 is 44.8 Å². The summed E-state index contributed by atoms with van der Waals surface area (Å²) < 4.78 is 6.04. The highest BCUT2D eigenvalue weighted by Crippen LogP contribution is 2.34. The molecule has 1 aromatic carbocycles. The van der Waals surface area contributed by atoms with Crippen LogP contribution in [-0.4, -0.2) is 5.91 Å². The first-order valence-corrected chi connectivity index (χ1v) is 6.72. The number of halogens is 1. The van der Waals surface area contributed by atoms with Crippen LogP contribution in [-0.2, 0) is 0 Å². The van der Waals surface area contributed by atoms with Gasteiger partial charge in [-0.05, 0) is 12.1 Å². The van der Waals surface area contributed by atoms with E-state index in [1.54, 1.807) is 12.1 Å². The van der Waals surface area contributed by atoms with Gasteiger partial charge in [0.05, 0.1) is 11.3 Å². The van der Waals surface area contributed by atoms with Crippen molar-refractivity contribution in [3.05, 3.63) is 52.6 Å². The van der Waals surface area contributed by atoms with Gasteiger partial charge in [-0.25, -0.2) is 0 Å². The van der Waals surface area contributed by atoms with Gasteiger partial charge in [0.2, 0.25) is 5.88 Å². The highest BCUT2D eigenvalue weighted by molar-refractivity contribution is 7.21. The van der Waals surface area contributed by atoms with Crippen molar-refractivity contribution in [1.82, 2.24) is 5.43 Å². The minimum Gasteiger partial charge on any atom is -0.447 e. The number of fused-ring (bicyclic) bond motifs is 1. The number of hydrogen-bond donors (Lipinski definition) is 2. The Bertz CT molecular complexity index is 721. The summed E-state index contributed by atoms with van der Waals surface area (Å²) in [6.45, 7) is 0. The second-order valence-electron chi connectivity index (χ2n) is 3.80. The van der Waals surface area contributed by atoms with Crippen molar-refractivity contribution in [3.8, 4) is 0 Å². The third kappa shape index (κ3) is 2.30. The Labute approximate surface area is 118 Å². The van der Waals surface area contributed by atoms with Crippen LogP contribution in [0.2, 0.25) is 5.02 Å². The molecule has 2 N–H and O–H groups in total. The van der Waals surface area contributed by atoms with Crippen LogP contribution in [0, 0.1) is 0 Å². The third-order valence-corrected chi connectivity index (χ3v) is 4.24. The first-order valence-electron chi connectivity index (χ1n) is 5.52. The second kappa shape index (κ2) is 4.95. The molecule has 0 radical (unpaired) electrons. The van der Waals surface area contributed by atoms with Gasteiger partial charge in [-0.2, -0.15) is 0 Å². The van der Waals surface area contributed by atoms with E-state index in [1.165, 1.54) is 17.6 Å². The van der Waals surface area contributed by atoms with Gasteiger partial charge in [-0.3, -0.25) is 15.6 Å². The lowest BCUT2D eigenvalue weighted by Crippen LogP contribution is -2.28. The number of amides is 1. The first-order chi connectivity index (χ1) is 9.25. The fourth-order valence-electron chi connectivity index (χ4n) is 1.68. The Morgan fingerprint density at radius 3 is 2.79 bits per heavy atom. The summed E-state index contributed by atoms with van der Waals surface area (Å²) >= 11 is 7.57. The summed E-state index contributed by atoms with van der Waals surface area (Å²) in [6.07, 6.45) is 1.51. The number of carbonyl (C=O) groups excluding carboxylic acids is 1. The predicted octanol–water partition coefficient (Wildman–Crippen LogP) is 3.90. The van der Waals surface area contributed by atoms with Gasteiger partial charge in [-0.1, -0.05) is 29.8 Å². The highest BCUT2D eigenvalue weighted by atomic mass is 35.5. The zero-order chi connectivity index (χ0) is 13.2. The maximum Gasteiger partial charge on any atom is 0.281 e. The second-order valence-corrected chi connectivity index (χ2v) is 5.23. The lowest BCUT2D eigenvalue weighted by atomic mass is 10.2. The number of anilines is 1. The molecule has 0 saturated heterocycles. The summed E-state index contributed by atoms with van der Waals surface area (Å²) in [7, 11) is 0. The van der Waals surface area contributed by atoms with Crippen molar-refractivity contribution in [2.75, 3.05) is 5.43 Å². The van der Waals surface area contributed by atoms with Crippen molar-refractivity contribution in [3.63, 3.8) is 0 Å². The van der Waals surface area contributed by atoms with Crippen LogP contribution in [0.3, 0.4) is 0 Å². The van der Waals surface area contributed by atoms with Gasteiger partial charge in [0.15, 0.2) is 0 Å². The maximum atomic E-state index is 12.0.